The van der Waals surface area contributed by atoms with Crippen molar-refractivity contribution in [2.75, 3.05) is 12.8 Å². The van der Waals surface area contributed by atoms with Crippen molar-refractivity contribution in [2.24, 2.45) is 0 Å². The molecule has 2 N–H and O–H groups in total. The SMILES string of the molecule is COC(C)(C)CC(C)n1nccc1N. The highest BCUT2D eigenvalue weighted by atomic mass is 16.5. The summed E-state index contributed by atoms with van der Waals surface area (Å²) in [5.74, 6) is 0.699. The summed E-state index contributed by atoms with van der Waals surface area (Å²) in [7, 11) is 1.72. The van der Waals surface area contributed by atoms with Crippen molar-refractivity contribution in [1.82, 2.24) is 9.78 Å². The summed E-state index contributed by atoms with van der Waals surface area (Å²) in [4.78, 5) is 0. The molecular weight excluding hydrogens is 178 g/mol. The van der Waals surface area contributed by atoms with Gasteiger partial charge in [-0.25, -0.2) is 4.68 Å². The second-order valence-electron chi connectivity index (χ2n) is 4.22. The fourth-order valence-corrected chi connectivity index (χ4v) is 1.57. The molecule has 4 heteroatoms. The standard InChI is InChI=1S/C10H19N3O/c1-8(7-10(2,3)14-4)13-9(11)5-6-12-13/h5-6,8H,7,11H2,1-4H3. The highest BCUT2D eigenvalue weighted by Crippen LogP contribution is 2.24. The van der Waals surface area contributed by atoms with E-state index in [1.807, 2.05) is 4.68 Å². The van der Waals surface area contributed by atoms with E-state index in [9.17, 15) is 0 Å². The molecule has 1 aromatic heterocycles. The van der Waals surface area contributed by atoms with Gasteiger partial charge in [-0.15, -0.1) is 0 Å². The zero-order chi connectivity index (χ0) is 10.8. The van der Waals surface area contributed by atoms with Gasteiger partial charge in [-0.05, 0) is 33.3 Å². The van der Waals surface area contributed by atoms with Crippen LogP contribution in [0, 0.1) is 0 Å². The number of hydrogen-bond acceptors (Lipinski definition) is 3. The smallest absolute Gasteiger partial charge is 0.121 e. The maximum atomic E-state index is 5.76. The summed E-state index contributed by atoms with van der Waals surface area (Å²) in [5, 5.41) is 4.17. The monoisotopic (exact) mass is 197 g/mol. The van der Waals surface area contributed by atoms with E-state index in [0.717, 1.165) is 6.42 Å². The van der Waals surface area contributed by atoms with Crippen molar-refractivity contribution in [1.29, 1.82) is 0 Å². The summed E-state index contributed by atoms with van der Waals surface area (Å²) < 4.78 is 7.18. The van der Waals surface area contributed by atoms with Crippen LogP contribution in [0.5, 0.6) is 0 Å². The summed E-state index contributed by atoms with van der Waals surface area (Å²) in [6.07, 6.45) is 2.60. The van der Waals surface area contributed by atoms with Gasteiger partial charge in [0.2, 0.25) is 0 Å². The van der Waals surface area contributed by atoms with E-state index in [0.29, 0.717) is 5.82 Å². The van der Waals surface area contributed by atoms with E-state index in [2.05, 4.69) is 25.9 Å². The first-order valence-corrected chi connectivity index (χ1v) is 4.80. The average Bonchev–Trinajstić information content (AvgIpc) is 2.51. The number of nitrogen functional groups attached to an aromatic ring is 1. The van der Waals surface area contributed by atoms with Crippen LogP contribution in [-0.4, -0.2) is 22.5 Å². The number of methoxy groups -OCH3 is 1. The first-order valence-electron chi connectivity index (χ1n) is 4.80. The third-order valence-electron chi connectivity index (χ3n) is 2.46. The Morgan fingerprint density at radius 1 is 1.64 bits per heavy atom. The van der Waals surface area contributed by atoms with Gasteiger partial charge in [-0.2, -0.15) is 5.10 Å². The van der Waals surface area contributed by atoms with Gasteiger partial charge in [0.05, 0.1) is 17.8 Å². The number of nitrogens with two attached hydrogens (primary N) is 1. The van der Waals surface area contributed by atoms with E-state index in [-0.39, 0.29) is 11.6 Å². The maximum Gasteiger partial charge on any atom is 0.121 e. The average molecular weight is 197 g/mol. The molecule has 1 rings (SSSR count). The Balaban J connectivity index is 2.68. The molecule has 0 fully saturated rings. The molecule has 0 radical (unpaired) electrons. The van der Waals surface area contributed by atoms with Crippen LogP contribution in [-0.2, 0) is 4.74 Å². The molecule has 1 aromatic rings. The largest absolute Gasteiger partial charge is 0.384 e. The predicted octanol–water partition coefficient (Wildman–Crippen LogP) is 1.84. The molecule has 0 saturated carbocycles. The third kappa shape index (κ3) is 2.48. The highest BCUT2D eigenvalue weighted by molar-refractivity contribution is 5.26. The molecule has 80 valence electrons. The van der Waals surface area contributed by atoms with Crippen molar-refractivity contribution in [3.63, 3.8) is 0 Å². The maximum absolute atomic E-state index is 5.76. The molecule has 0 aliphatic rings. The Hall–Kier alpha value is -1.03. The fourth-order valence-electron chi connectivity index (χ4n) is 1.57. The zero-order valence-electron chi connectivity index (χ0n) is 9.32. The van der Waals surface area contributed by atoms with Gasteiger partial charge < -0.3 is 10.5 Å². The van der Waals surface area contributed by atoms with Crippen LogP contribution >= 0.6 is 0 Å². The fraction of sp³-hybridized carbons (Fsp3) is 0.700. The van der Waals surface area contributed by atoms with Crippen molar-refractivity contribution < 1.29 is 4.74 Å². The predicted molar refractivity (Wildman–Crippen MR) is 57.1 cm³/mol. The first kappa shape index (κ1) is 11.0. The van der Waals surface area contributed by atoms with Gasteiger partial charge in [0.15, 0.2) is 0 Å². The van der Waals surface area contributed by atoms with Gasteiger partial charge in [-0.1, -0.05) is 0 Å². The lowest BCUT2D eigenvalue weighted by atomic mass is 10.00. The summed E-state index contributed by atoms with van der Waals surface area (Å²) in [5.41, 5.74) is 5.62. The van der Waals surface area contributed by atoms with Crippen molar-refractivity contribution >= 4 is 5.82 Å². The third-order valence-corrected chi connectivity index (χ3v) is 2.46. The van der Waals surface area contributed by atoms with Gasteiger partial charge in [0.1, 0.15) is 5.82 Å². The highest BCUT2D eigenvalue weighted by Gasteiger charge is 2.22. The van der Waals surface area contributed by atoms with Gasteiger partial charge in [-0.3, -0.25) is 0 Å². The molecular formula is C10H19N3O. The molecule has 0 saturated heterocycles. The van der Waals surface area contributed by atoms with Gasteiger partial charge in [0.25, 0.3) is 0 Å². The van der Waals surface area contributed by atoms with Crippen LogP contribution in [0.25, 0.3) is 0 Å². The summed E-state index contributed by atoms with van der Waals surface area (Å²) >= 11 is 0. The van der Waals surface area contributed by atoms with E-state index in [1.54, 1.807) is 19.4 Å². The minimum atomic E-state index is -0.141. The number of nitrogens with zero attached hydrogens (tertiary/aromatic N) is 2. The van der Waals surface area contributed by atoms with Crippen LogP contribution < -0.4 is 5.73 Å². The summed E-state index contributed by atoms with van der Waals surface area (Å²) in [6.45, 7) is 6.20. The zero-order valence-corrected chi connectivity index (χ0v) is 9.32. The minimum Gasteiger partial charge on any atom is -0.384 e. The number of ether oxygens (including phenoxy) is 1. The van der Waals surface area contributed by atoms with Crippen LogP contribution in [0.3, 0.4) is 0 Å². The Bertz CT molecular complexity index is 293. The summed E-state index contributed by atoms with van der Waals surface area (Å²) in [6, 6.07) is 2.05. The molecule has 0 bridgehead atoms. The minimum absolute atomic E-state index is 0.141. The van der Waals surface area contributed by atoms with Gasteiger partial charge >= 0.3 is 0 Å². The normalized spacial score (nSPS) is 14.3. The van der Waals surface area contributed by atoms with Crippen LogP contribution in [0.2, 0.25) is 0 Å². The molecule has 0 aliphatic carbocycles. The lowest BCUT2D eigenvalue weighted by molar-refractivity contribution is 0.00443. The van der Waals surface area contributed by atoms with E-state index in [1.165, 1.54) is 0 Å². The second-order valence-corrected chi connectivity index (χ2v) is 4.22. The van der Waals surface area contributed by atoms with Crippen LogP contribution in [0.1, 0.15) is 33.2 Å². The second kappa shape index (κ2) is 4.00. The molecule has 0 aliphatic heterocycles. The van der Waals surface area contributed by atoms with Crippen LogP contribution in [0.4, 0.5) is 5.82 Å². The lowest BCUT2D eigenvalue weighted by Gasteiger charge is -2.27. The Morgan fingerprint density at radius 2 is 2.29 bits per heavy atom. The van der Waals surface area contributed by atoms with E-state index < -0.39 is 0 Å². The van der Waals surface area contributed by atoms with Gasteiger partial charge in [0, 0.05) is 7.11 Å². The van der Waals surface area contributed by atoms with Crippen molar-refractivity contribution in [3.8, 4) is 0 Å². The molecule has 1 heterocycles. The quantitative estimate of drug-likeness (QED) is 0.801. The molecule has 1 unspecified atom stereocenters. The molecule has 0 spiro atoms. The van der Waals surface area contributed by atoms with Crippen molar-refractivity contribution in [2.45, 2.75) is 38.8 Å². The molecule has 0 amide bonds. The number of anilines is 1. The van der Waals surface area contributed by atoms with E-state index in [4.69, 9.17) is 10.5 Å². The first-order chi connectivity index (χ1) is 6.46. The van der Waals surface area contributed by atoms with Crippen molar-refractivity contribution in [3.05, 3.63) is 12.3 Å². The number of hydrogen-bond donors (Lipinski definition) is 1. The Morgan fingerprint density at radius 3 is 2.71 bits per heavy atom. The lowest BCUT2D eigenvalue weighted by Crippen LogP contribution is -2.27. The van der Waals surface area contributed by atoms with Crippen LogP contribution in [0.15, 0.2) is 12.3 Å². The Kier molecular flexibility index (Phi) is 3.16. The Labute approximate surface area is 85.0 Å². The topological polar surface area (TPSA) is 53.1 Å². The molecule has 14 heavy (non-hydrogen) atoms. The van der Waals surface area contributed by atoms with E-state index >= 15 is 0 Å². The number of aromatic nitrogens is 2. The molecule has 0 aromatic carbocycles. The number of rotatable bonds is 4. The molecule has 4 nitrogen and oxygen atoms in total. The molecule has 1 atom stereocenters.